The summed E-state index contributed by atoms with van der Waals surface area (Å²) in [4.78, 5) is 21.3. The van der Waals surface area contributed by atoms with Gasteiger partial charge in [0.2, 0.25) is 17.8 Å². The van der Waals surface area contributed by atoms with Crippen LogP contribution in [0.15, 0.2) is 60.8 Å². The highest BCUT2D eigenvalue weighted by atomic mass is 15.3. The van der Waals surface area contributed by atoms with E-state index >= 15 is 0 Å². The molecule has 0 bridgehead atoms. The normalized spacial score (nSPS) is 14.3. The molecule has 3 heterocycles. The average Bonchev–Trinajstić information content (AvgIpc) is 3.32. The number of rotatable bonds is 11. The number of nitrogens with two attached hydrogens (primary N) is 1. The summed E-state index contributed by atoms with van der Waals surface area (Å²) in [5.41, 5.74) is 9.66. The Kier molecular flexibility index (Phi) is 7.77. The molecule has 9 nitrogen and oxygen atoms in total. The van der Waals surface area contributed by atoms with Crippen LogP contribution in [0.2, 0.25) is 0 Å². The lowest BCUT2D eigenvalue weighted by Gasteiger charge is -2.36. The number of nitrogens with one attached hydrogen (secondary N) is 3. The van der Waals surface area contributed by atoms with Crippen LogP contribution in [0.3, 0.4) is 0 Å². The standard InChI is InChI=1S/C27H35N9/c28-25-32-26(34-27(33-25)30-14-12-21-20-31-24-11-5-4-10-23(21)24)29-13-6-7-15-35-16-18-36(19-17-35)22-8-2-1-3-9-22/h1-5,8-11,20,31H,6-7,12-19H2,(H4,28,29,30,32,33,34). The van der Waals surface area contributed by atoms with Crippen molar-refractivity contribution in [3.8, 4) is 0 Å². The predicted molar refractivity (Wildman–Crippen MR) is 148 cm³/mol. The summed E-state index contributed by atoms with van der Waals surface area (Å²) in [5, 5.41) is 7.83. The number of hydrogen-bond acceptors (Lipinski definition) is 8. The van der Waals surface area contributed by atoms with Crippen LogP contribution >= 0.6 is 0 Å². The smallest absolute Gasteiger partial charge is 0.229 e. The summed E-state index contributed by atoms with van der Waals surface area (Å²) in [6.07, 6.45) is 5.10. The van der Waals surface area contributed by atoms with Gasteiger partial charge in [0.05, 0.1) is 0 Å². The summed E-state index contributed by atoms with van der Waals surface area (Å²) < 4.78 is 0. The first-order valence-corrected chi connectivity index (χ1v) is 12.8. The van der Waals surface area contributed by atoms with Gasteiger partial charge in [0, 0.05) is 62.1 Å². The molecule has 1 aliphatic rings. The van der Waals surface area contributed by atoms with Gasteiger partial charge < -0.3 is 26.3 Å². The molecule has 0 saturated carbocycles. The van der Waals surface area contributed by atoms with Crippen LogP contribution in [-0.2, 0) is 6.42 Å². The Labute approximate surface area is 212 Å². The third-order valence-electron chi connectivity index (χ3n) is 6.68. The minimum Gasteiger partial charge on any atom is -0.369 e. The molecule has 2 aromatic carbocycles. The van der Waals surface area contributed by atoms with Crippen molar-refractivity contribution in [3.63, 3.8) is 0 Å². The number of benzene rings is 2. The van der Waals surface area contributed by atoms with E-state index in [1.54, 1.807) is 0 Å². The van der Waals surface area contributed by atoms with E-state index in [2.05, 4.69) is 95.1 Å². The second-order valence-corrected chi connectivity index (χ2v) is 9.18. The minimum absolute atomic E-state index is 0.221. The third kappa shape index (κ3) is 6.23. The molecule has 1 fully saturated rings. The minimum atomic E-state index is 0.221. The van der Waals surface area contributed by atoms with Gasteiger partial charge in [-0.25, -0.2) is 0 Å². The lowest BCUT2D eigenvalue weighted by atomic mass is 10.1. The zero-order valence-corrected chi connectivity index (χ0v) is 20.7. The third-order valence-corrected chi connectivity index (χ3v) is 6.68. The van der Waals surface area contributed by atoms with Crippen molar-refractivity contribution in [3.05, 3.63) is 66.4 Å². The number of fused-ring (bicyclic) bond motifs is 1. The van der Waals surface area contributed by atoms with Crippen molar-refractivity contribution in [1.29, 1.82) is 0 Å². The molecule has 5 N–H and O–H groups in total. The van der Waals surface area contributed by atoms with E-state index in [4.69, 9.17) is 5.73 Å². The van der Waals surface area contributed by atoms with Crippen molar-refractivity contribution in [2.24, 2.45) is 0 Å². The van der Waals surface area contributed by atoms with E-state index in [0.717, 1.165) is 64.0 Å². The highest BCUT2D eigenvalue weighted by molar-refractivity contribution is 5.83. The molecule has 0 radical (unpaired) electrons. The monoisotopic (exact) mass is 485 g/mol. The van der Waals surface area contributed by atoms with Crippen LogP contribution in [0, 0.1) is 0 Å². The number of hydrogen-bond donors (Lipinski definition) is 4. The lowest BCUT2D eigenvalue weighted by molar-refractivity contribution is 0.254. The predicted octanol–water partition coefficient (Wildman–Crippen LogP) is 3.60. The molecule has 0 atom stereocenters. The summed E-state index contributed by atoms with van der Waals surface area (Å²) in [5.74, 6) is 1.24. The number of aromatic nitrogens is 4. The SMILES string of the molecule is Nc1nc(NCCCCN2CCN(c3ccccc3)CC2)nc(NCCc2c[nH]c3ccccc23)n1. The van der Waals surface area contributed by atoms with Gasteiger partial charge in [-0.05, 0) is 49.6 Å². The van der Waals surface area contributed by atoms with Crippen molar-refractivity contribution < 1.29 is 0 Å². The maximum absolute atomic E-state index is 5.92. The number of nitrogen functional groups attached to an aromatic ring is 1. The lowest BCUT2D eigenvalue weighted by Crippen LogP contribution is -2.46. The fourth-order valence-electron chi connectivity index (χ4n) is 4.73. The van der Waals surface area contributed by atoms with Crippen molar-refractivity contribution >= 4 is 34.4 Å². The van der Waals surface area contributed by atoms with Crippen LogP contribution in [-0.4, -0.2) is 70.6 Å². The highest BCUT2D eigenvalue weighted by Crippen LogP contribution is 2.18. The van der Waals surface area contributed by atoms with E-state index in [1.165, 1.54) is 16.6 Å². The van der Waals surface area contributed by atoms with E-state index < -0.39 is 0 Å². The maximum Gasteiger partial charge on any atom is 0.229 e. The fraction of sp³-hybridized carbons (Fsp3) is 0.370. The summed E-state index contributed by atoms with van der Waals surface area (Å²) in [6.45, 7) is 7.03. The first-order chi connectivity index (χ1) is 17.7. The first-order valence-electron chi connectivity index (χ1n) is 12.8. The summed E-state index contributed by atoms with van der Waals surface area (Å²) in [6, 6.07) is 19.0. The number of aromatic amines is 1. The molecule has 188 valence electrons. The number of anilines is 4. The molecule has 0 unspecified atom stereocenters. The van der Waals surface area contributed by atoms with Gasteiger partial charge in [-0.15, -0.1) is 0 Å². The Bertz CT molecular complexity index is 1230. The topological polar surface area (TPSA) is 111 Å². The number of para-hydroxylation sites is 2. The number of H-pyrrole nitrogens is 1. The van der Waals surface area contributed by atoms with E-state index in [0.29, 0.717) is 18.4 Å². The van der Waals surface area contributed by atoms with Crippen LogP contribution in [0.5, 0.6) is 0 Å². The molecule has 2 aromatic heterocycles. The zero-order chi connectivity index (χ0) is 24.6. The van der Waals surface area contributed by atoms with Crippen molar-refractivity contribution in [2.75, 3.05) is 67.1 Å². The van der Waals surface area contributed by atoms with Crippen LogP contribution in [0.25, 0.3) is 10.9 Å². The van der Waals surface area contributed by atoms with Gasteiger partial charge in [-0.2, -0.15) is 15.0 Å². The Morgan fingerprint density at radius 1 is 0.806 bits per heavy atom. The molecular weight excluding hydrogens is 450 g/mol. The Morgan fingerprint density at radius 3 is 2.33 bits per heavy atom. The van der Waals surface area contributed by atoms with Crippen molar-refractivity contribution in [1.82, 2.24) is 24.8 Å². The molecule has 0 amide bonds. The van der Waals surface area contributed by atoms with E-state index in [-0.39, 0.29) is 5.95 Å². The van der Waals surface area contributed by atoms with Crippen LogP contribution in [0.4, 0.5) is 23.5 Å². The number of unbranched alkanes of at least 4 members (excludes halogenated alkanes) is 1. The van der Waals surface area contributed by atoms with Gasteiger partial charge in [0.1, 0.15) is 0 Å². The van der Waals surface area contributed by atoms with Gasteiger partial charge >= 0.3 is 0 Å². The maximum atomic E-state index is 5.92. The van der Waals surface area contributed by atoms with Gasteiger partial charge in [-0.1, -0.05) is 36.4 Å². The van der Waals surface area contributed by atoms with Gasteiger partial charge in [-0.3, -0.25) is 4.90 Å². The Balaban J connectivity index is 1.01. The number of nitrogens with zero attached hydrogens (tertiary/aromatic N) is 5. The van der Waals surface area contributed by atoms with Crippen molar-refractivity contribution in [2.45, 2.75) is 19.3 Å². The Morgan fingerprint density at radius 2 is 1.53 bits per heavy atom. The van der Waals surface area contributed by atoms with Gasteiger partial charge in [0.25, 0.3) is 0 Å². The van der Waals surface area contributed by atoms with Gasteiger partial charge in [0.15, 0.2) is 0 Å². The van der Waals surface area contributed by atoms with Crippen LogP contribution < -0.4 is 21.3 Å². The quantitative estimate of drug-likeness (QED) is 0.239. The molecule has 9 heteroatoms. The molecule has 1 saturated heterocycles. The van der Waals surface area contributed by atoms with E-state index in [1.807, 2.05) is 6.07 Å². The molecule has 36 heavy (non-hydrogen) atoms. The molecule has 0 aliphatic carbocycles. The second kappa shape index (κ2) is 11.7. The molecular formula is C27H35N9. The molecule has 1 aliphatic heterocycles. The molecule has 5 rings (SSSR count). The Hall–Kier alpha value is -3.85. The zero-order valence-electron chi connectivity index (χ0n) is 20.7. The highest BCUT2D eigenvalue weighted by Gasteiger charge is 2.16. The number of piperazine rings is 1. The second-order valence-electron chi connectivity index (χ2n) is 9.18. The van der Waals surface area contributed by atoms with Crippen LogP contribution in [0.1, 0.15) is 18.4 Å². The molecule has 0 spiro atoms. The first kappa shape index (κ1) is 23.9. The summed E-state index contributed by atoms with van der Waals surface area (Å²) in [7, 11) is 0. The van der Waals surface area contributed by atoms with E-state index in [9.17, 15) is 0 Å². The molecule has 4 aromatic rings. The largest absolute Gasteiger partial charge is 0.369 e. The fourth-order valence-corrected chi connectivity index (χ4v) is 4.73. The average molecular weight is 486 g/mol. The summed E-state index contributed by atoms with van der Waals surface area (Å²) >= 11 is 0.